The molecule has 0 aliphatic rings. The van der Waals surface area contributed by atoms with Crippen molar-refractivity contribution in [2.45, 2.75) is 32.2 Å². The molecule has 0 aliphatic heterocycles. The van der Waals surface area contributed by atoms with Gasteiger partial charge < -0.3 is 15.2 Å². The molecule has 0 saturated heterocycles. The number of nitrogens with zero attached hydrogens (tertiary/aromatic N) is 2. The molecule has 1 aromatic rings. The fraction of sp³-hybridized carbons (Fsp3) is 0.545. The molecule has 1 atom stereocenters. The standard InChI is InChI=1S/C11H17N3O3/c1-3-4-5-8(11(15)16)13-9-6-12-7-10(14-9)17-2/h6-8H,3-5H2,1-2H3,(H,13,14)(H,15,16). The van der Waals surface area contributed by atoms with Crippen LogP contribution >= 0.6 is 0 Å². The van der Waals surface area contributed by atoms with Gasteiger partial charge in [0, 0.05) is 0 Å². The van der Waals surface area contributed by atoms with Gasteiger partial charge in [-0.05, 0) is 6.42 Å². The SMILES string of the molecule is CCCCC(Nc1cncc(OC)n1)C(=O)O. The highest BCUT2D eigenvalue weighted by molar-refractivity contribution is 5.76. The summed E-state index contributed by atoms with van der Waals surface area (Å²) in [5.74, 6) is -0.120. The molecule has 0 bridgehead atoms. The highest BCUT2D eigenvalue weighted by Crippen LogP contribution is 2.12. The fourth-order valence-electron chi connectivity index (χ4n) is 1.36. The van der Waals surface area contributed by atoms with Crippen LogP contribution in [0.3, 0.4) is 0 Å². The number of ether oxygens (including phenoxy) is 1. The summed E-state index contributed by atoms with van der Waals surface area (Å²) in [7, 11) is 1.49. The van der Waals surface area contributed by atoms with Gasteiger partial charge in [0.1, 0.15) is 11.9 Å². The van der Waals surface area contributed by atoms with Gasteiger partial charge in [-0.15, -0.1) is 0 Å². The summed E-state index contributed by atoms with van der Waals surface area (Å²) >= 11 is 0. The minimum absolute atomic E-state index is 0.356. The second kappa shape index (κ2) is 6.67. The Kier molecular flexibility index (Phi) is 5.19. The van der Waals surface area contributed by atoms with Crippen molar-refractivity contribution in [3.05, 3.63) is 12.4 Å². The van der Waals surface area contributed by atoms with E-state index < -0.39 is 12.0 Å². The number of aliphatic carboxylic acids is 1. The van der Waals surface area contributed by atoms with E-state index in [0.717, 1.165) is 12.8 Å². The molecule has 1 unspecified atom stereocenters. The van der Waals surface area contributed by atoms with Crippen LogP contribution in [0.1, 0.15) is 26.2 Å². The lowest BCUT2D eigenvalue weighted by atomic mass is 10.1. The zero-order valence-electron chi connectivity index (χ0n) is 10.0. The first-order chi connectivity index (χ1) is 8.17. The number of hydrogen-bond acceptors (Lipinski definition) is 5. The molecule has 6 heteroatoms. The molecular weight excluding hydrogens is 222 g/mol. The van der Waals surface area contributed by atoms with Gasteiger partial charge in [0.25, 0.3) is 0 Å². The number of carboxylic acids is 1. The van der Waals surface area contributed by atoms with E-state index in [1.54, 1.807) is 0 Å². The normalized spacial score (nSPS) is 11.9. The summed E-state index contributed by atoms with van der Waals surface area (Å²) < 4.78 is 4.92. The number of carbonyl (C=O) groups is 1. The molecule has 1 rings (SSSR count). The first kappa shape index (κ1) is 13.2. The number of aromatic nitrogens is 2. The number of rotatable bonds is 7. The van der Waals surface area contributed by atoms with Crippen LogP contribution in [0, 0.1) is 0 Å². The third kappa shape index (κ3) is 4.26. The van der Waals surface area contributed by atoms with E-state index in [1.807, 2.05) is 6.92 Å². The number of nitrogens with one attached hydrogen (secondary N) is 1. The second-order valence-electron chi connectivity index (χ2n) is 3.62. The van der Waals surface area contributed by atoms with Crippen molar-refractivity contribution in [3.8, 4) is 5.88 Å². The fourth-order valence-corrected chi connectivity index (χ4v) is 1.36. The predicted molar refractivity (Wildman–Crippen MR) is 63.2 cm³/mol. The molecule has 94 valence electrons. The quantitative estimate of drug-likeness (QED) is 0.750. The molecule has 0 saturated carbocycles. The largest absolute Gasteiger partial charge is 0.480 e. The van der Waals surface area contributed by atoms with Crippen LogP contribution in [0.5, 0.6) is 5.88 Å². The molecule has 0 spiro atoms. The van der Waals surface area contributed by atoms with Gasteiger partial charge in [0.2, 0.25) is 5.88 Å². The Labute approximate surface area is 100 Å². The van der Waals surface area contributed by atoms with Gasteiger partial charge >= 0.3 is 5.97 Å². The Balaban J connectivity index is 2.67. The van der Waals surface area contributed by atoms with Crippen LogP contribution in [0.15, 0.2) is 12.4 Å². The molecule has 0 amide bonds. The van der Waals surface area contributed by atoms with Gasteiger partial charge in [-0.1, -0.05) is 19.8 Å². The third-order valence-electron chi connectivity index (χ3n) is 2.29. The van der Waals surface area contributed by atoms with Crippen LogP contribution in [0.2, 0.25) is 0 Å². The van der Waals surface area contributed by atoms with Gasteiger partial charge in [-0.3, -0.25) is 4.98 Å². The molecule has 0 aromatic carbocycles. The zero-order valence-corrected chi connectivity index (χ0v) is 10.0. The Morgan fingerprint density at radius 2 is 2.35 bits per heavy atom. The number of anilines is 1. The van der Waals surface area contributed by atoms with Crippen LogP contribution < -0.4 is 10.1 Å². The van der Waals surface area contributed by atoms with Gasteiger partial charge in [-0.25, -0.2) is 4.79 Å². The molecule has 1 heterocycles. The van der Waals surface area contributed by atoms with E-state index >= 15 is 0 Å². The lowest BCUT2D eigenvalue weighted by molar-refractivity contribution is -0.138. The minimum atomic E-state index is -0.886. The number of unbranched alkanes of at least 4 members (excludes halogenated alkanes) is 1. The predicted octanol–water partition coefficient (Wildman–Crippen LogP) is 1.54. The monoisotopic (exact) mass is 239 g/mol. The summed E-state index contributed by atoms with van der Waals surface area (Å²) in [5, 5.41) is 11.9. The number of carboxylic acid groups (broad SMARTS) is 1. The Morgan fingerprint density at radius 3 is 2.94 bits per heavy atom. The van der Waals surface area contributed by atoms with Crippen LogP contribution in [-0.2, 0) is 4.79 Å². The van der Waals surface area contributed by atoms with E-state index in [0.29, 0.717) is 18.1 Å². The maximum atomic E-state index is 11.0. The molecule has 0 fully saturated rings. The van der Waals surface area contributed by atoms with Crippen LogP contribution in [-0.4, -0.2) is 34.2 Å². The maximum absolute atomic E-state index is 11.0. The van der Waals surface area contributed by atoms with Crippen molar-refractivity contribution < 1.29 is 14.6 Å². The average Bonchev–Trinajstić information content (AvgIpc) is 2.34. The number of methoxy groups -OCH3 is 1. The molecule has 0 radical (unpaired) electrons. The molecule has 1 aromatic heterocycles. The molecular formula is C11H17N3O3. The summed E-state index contributed by atoms with van der Waals surface area (Å²) in [6.07, 6.45) is 5.30. The number of hydrogen-bond donors (Lipinski definition) is 2. The summed E-state index contributed by atoms with van der Waals surface area (Å²) in [6, 6.07) is -0.642. The van der Waals surface area contributed by atoms with Crippen molar-refractivity contribution in [3.63, 3.8) is 0 Å². The van der Waals surface area contributed by atoms with Crippen molar-refractivity contribution >= 4 is 11.8 Å². The molecule has 6 nitrogen and oxygen atoms in total. The van der Waals surface area contributed by atoms with E-state index in [2.05, 4.69) is 15.3 Å². The van der Waals surface area contributed by atoms with Crippen molar-refractivity contribution in [2.75, 3.05) is 12.4 Å². The third-order valence-corrected chi connectivity index (χ3v) is 2.29. The molecule has 17 heavy (non-hydrogen) atoms. The lowest BCUT2D eigenvalue weighted by Gasteiger charge is -2.14. The zero-order chi connectivity index (χ0) is 12.7. The topological polar surface area (TPSA) is 84.3 Å². The molecule has 2 N–H and O–H groups in total. The molecule has 0 aliphatic carbocycles. The van der Waals surface area contributed by atoms with Gasteiger partial charge in [0.15, 0.2) is 0 Å². The average molecular weight is 239 g/mol. The smallest absolute Gasteiger partial charge is 0.326 e. The van der Waals surface area contributed by atoms with Crippen LogP contribution in [0.25, 0.3) is 0 Å². The van der Waals surface area contributed by atoms with Gasteiger partial charge in [-0.2, -0.15) is 4.98 Å². The summed E-state index contributed by atoms with van der Waals surface area (Å²) in [4.78, 5) is 19.0. The summed E-state index contributed by atoms with van der Waals surface area (Å²) in [5.41, 5.74) is 0. The minimum Gasteiger partial charge on any atom is -0.480 e. The Bertz CT molecular complexity index is 371. The van der Waals surface area contributed by atoms with Crippen molar-refractivity contribution in [1.29, 1.82) is 0 Å². The second-order valence-corrected chi connectivity index (χ2v) is 3.62. The van der Waals surface area contributed by atoms with Crippen molar-refractivity contribution in [1.82, 2.24) is 9.97 Å². The Hall–Kier alpha value is -1.85. The van der Waals surface area contributed by atoms with E-state index in [4.69, 9.17) is 9.84 Å². The van der Waals surface area contributed by atoms with Crippen LogP contribution in [0.4, 0.5) is 5.82 Å². The first-order valence-electron chi connectivity index (χ1n) is 5.52. The first-order valence-corrected chi connectivity index (χ1v) is 5.52. The maximum Gasteiger partial charge on any atom is 0.326 e. The van der Waals surface area contributed by atoms with Gasteiger partial charge in [0.05, 0.1) is 19.5 Å². The highest BCUT2D eigenvalue weighted by atomic mass is 16.5. The highest BCUT2D eigenvalue weighted by Gasteiger charge is 2.17. The van der Waals surface area contributed by atoms with Crippen molar-refractivity contribution in [2.24, 2.45) is 0 Å². The van der Waals surface area contributed by atoms with E-state index in [1.165, 1.54) is 19.5 Å². The Morgan fingerprint density at radius 1 is 1.59 bits per heavy atom. The van der Waals surface area contributed by atoms with E-state index in [-0.39, 0.29) is 0 Å². The summed E-state index contributed by atoms with van der Waals surface area (Å²) in [6.45, 7) is 2.02. The van der Waals surface area contributed by atoms with E-state index in [9.17, 15) is 4.79 Å². The lowest BCUT2D eigenvalue weighted by Crippen LogP contribution is -2.29.